The summed E-state index contributed by atoms with van der Waals surface area (Å²) >= 11 is 0. The van der Waals surface area contributed by atoms with Crippen molar-refractivity contribution in [2.75, 3.05) is 13.1 Å². The number of aromatic nitrogens is 4. The first-order valence-corrected chi connectivity index (χ1v) is 13.3. The Morgan fingerprint density at radius 1 is 1.03 bits per heavy atom. The summed E-state index contributed by atoms with van der Waals surface area (Å²) in [6, 6.07) is 8.96. The van der Waals surface area contributed by atoms with E-state index in [2.05, 4.69) is 49.8 Å². The molecule has 174 valence electrons. The molecule has 1 unspecified atom stereocenters. The average molecular weight is 446 g/mol. The molecule has 1 amide bonds. The summed E-state index contributed by atoms with van der Waals surface area (Å²) in [5.41, 5.74) is 3.16. The number of hydrogen-bond acceptors (Lipinski definition) is 4. The topological polar surface area (TPSA) is 74.8 Å². The zero-order chi connectivity index (χ0) is 22.0. The second-order valence-corrected chi connectivity index (χ2v) is 12.0. The Kier molecular flexibility index (Phi) is 4.67. The van der Waals surface area contributed by atoms with Crippen molar-refractivity contribution in [2.45, 2.75) is 75.5 Å². The van der Waals surface area contributed by atoms with Crippen LogP contribution >= 0.6 is 0 Å². The van der Waals surface area contributed by atoms with Gasteiger partial charge in [-0.25, -0.2) is 0 Å². The second-order valence-electron chi connectivity index (χ2n) is 12.0. The maximum Gasteiger partial charge on any atom is 0.222 e. The molecule has 0 radical (unpaired) electrons. The molecule has 2 aromatic rings. The lowest BCUT2D eigenvalue weighted by molar-refractivity contribution is -0.138. The van der Waals surface area contributed by atoms with Gasteiger partial charge in [-0.15, -0.1) is 10.2 Å². The summed E-state index contributed by atoms with van der Waals surface area (Å²) in [5.74, 6) is 6.00. The van der Waals surface area contributed by atoms with Crippen molar-refractivity contribution in [3.05, 3.63) is 41.2 Å². The number of hydrogen-bond donors (Lipinski definition) is 1. The lowest BCUT2D eigenvalue weighted by atomic mass is 9.51. The van der Waals surface area contributed by atoms with Crippen molar-refractivity contribution in [1.82, 2.24) is 25.5 Å². The summed E-state index contributed by atoms with van der Waals surface area (Å²) in [5, 5.41) is 14.8. The van der Waals surface area contributed by atoms with Gasteiger partial charge in [0.25, 0.3) is 0 Å². The van der Waals surface area contributed by atoms with Crippen molar-refractivity contribution in [3.8, 4) is 0 Å². The van der Waals surface area contributed by atoms with E-state index in [4.69, 9.17) is 0 Å². The van der Waals surface area contributed by atoms with Crippen LogP contribution in [-0.4, -0.2) is 44.5 Å². The van der Waals surface area contributed by atoms with Crippen LogP contribution in [0.2, 0.25) is 0 Å². The first-order valence-electron chi connectivity index (χ1n) is 13.3. The van der Waals surface area contributed by atoms with E-state index in [1.807, 2.05) is 0 Å². The van der Waals surface area contributed by atoms with Gasteiger partial charge in [-0.3, -0.25) is 4.79 Å². The fourth-order valence-electron chi connectivity index (χ4n) is 9.06. The van der Waals surface area contributed by atoms with E-state index < -0.39 is 0 Å². The van der Waals surface area contributed by atoms with E-state index in [0.717, 1.165) is 74.7 Å². The lowest BCUT2D eigenvalue weighted by Gasteiger charge is -2.54. The van der Waals surface area contributed by atoms with Crippen molar-refractivity contribution < 1.29 is 4.79 Å². The Bertz CT molecular complexity index is 997. The summed E-state index contributed by atoms with van der Waals surface area (Å²) in [7, 11) is 0. The normalized spacial score (nSPS) is 35.8. The lowest BCUT2D eigenvalue weighted by Crippen LogP contribution is -2.49. The van der Waals surface area contributed by atoms with Gasteiger partial charge < -0.3 is 4.90 Å². The van der Waals surface area contributed by atoms with Crippen LogP contribution in [0.5, 0.6) is 0 Å². The SMILES string of the molecule is O=C(CC1C2CC3CC(C2)CC1C3)N1CCC2(CC1)CC(Cc1nn[nH]n1)c1ccccc12. The predicted octanol–water partition coefficient (Wildman–Crippen LogP) is 4.25. The van der Waals surface area contributed by atoms with Crippen LogP contribution in [0.15, 0.2) is 24.3 Å². The van der Waals surface area contributed by atoms with Crippen LogP contribution in [0.25, 0.3) is 0 Å². The number of piperidine rings is 1. The molecule has 4 bridgehead atoms. The number of likely N-dealkylation sites (tertiary alicyclic amines) is 1. The van der Waals surface area contributed by atoms with Gasteiger partial charge in [0.05, 0.1) is 0 Å². The highest BCUT2D eigenvalue weighted by Gasteiger charge is 2.50. The minimum Gasteiger partial charge on any atom is -0.343 e. The van der Waals surface area contributed by atoms with Crippen molar-refractivity contribution in [3.63, 3.8) is 0 Å². The molecule has 1 aliphatic heterocycles. The van der Waals surface area contributed by atoms with Crippen LogP contribution in [-0.2, 0) is 16.6 Å². The second kappa shape index (κ2) is 7.64. The van der Waals surface area contributed by atoms with Gasteiger partial charge >= 0.3 is 0 Å². The molecular formula is C27H35N5O. The number of amides is 1. The van der Waals surface area contributed by atoms with E-state index >= 15 is 0 Å². The largest absolute Gasteiger partial charge is 0.343 e. The number of nitrogens with zero attached hydrogens (tertiary/aromatic N) is 4. The monoisotopic (exact) mass is 445 g/mol. The number of nitrogens with one attached hydrogen (secondary N) is 1. The third kappa shape index (κ3) is 3.35. The first kappa shape index (κ1) is 20.2. The van der Waals surface area contributed by atoms with Crippen LogP contribution in [0.3, 0.4) is 0 Å². The maximum atomic E-state index is 13.4. The number of rotatable bonds is 4. The van der Waals surface area contributed by atoms with Crippen LogP contribution in [0, 0.1) is 29.6 Å². The zero-order valence-corrected chi connectivity index (χ0v) is 19.5. The molecule has 1 aromatic carbocycles. The summed E-state index contributed by atoms with van der Waals surface area (Å²) < 4.78 is 0. The van der Waals surface area contributed by atoms with Crippen molar-refractivity contribution >= 4 is 5.91 Å². The molecule has 1 N–H and O–H groups in total. The molecular weight excluding hydrogens is 410 g/mol. The fraction of sp³-hybridized carbons (Fsp3) is 0.704. The van der Waals surface area contributed by atoms with Crippen LogP contribution in [0.4, 0.5) is 0 Å². The van der Waals surface area contributed by atoms with E-state index in [1.165, 1.54) is 43.2 Å². The molecule has 6 heteroatoms. The summed E-state index contributed by atoms with van der Waals surface area (Å²) in [6.45, 7) is 1.82. The van der Waals surface area contributed by atoms with Crippen LogP contribution in [0.1, 0.15) is 80.7 Å². The molecule has 2 heterocycles. The Labute approximate surface area is 195 Å². The van der Waals surface area contributed by atoms with E-state index in [9.17, 15) is 4.79 Å². The molecule has 8 rings (SSSR count). The molecule has 1 atom stereocenters. The highest BCUT2D eigenvalue weighted by Crippen LogP contribution is 2.58. The van der Waals surface area contributed by atoms with Gasteiger partial charge in [-0.2, -0.15) is 5.21 Å². The number of aromatic amines is 1. The zero-order valence-electron chi connectivity index (χ0n) is 19.5. The highest BCUT2D eigenvalue weighted by atomic mass is 16.2. The van der Waals surface area contributed by atoms with Gasteiger partial charge in [0, 0.05) is 25.9 Å². The molecule has 6 aliphatic rings. The fourth-order valence-corrected chi connectivity index (χ4v) is 9.06. The highest BCUT2D eigenvalue weighted by molar-refractivity contribution is 5.76. The Hall–Kier alpha value is -2.24. The predicted molar refractivity (Wildman–Crippen MR) is 124 cm³/mol. The summed E-state index contributed by atoms with van der Waals surface area (Å²) in [6.07, 6.45) is 12.1. The Morgan fingerprint density at radius 2 is 1.76 bits per heavy atom. The first-order chi connectivity index (χ1) is 16.2. The molecule has 1 aromatic heterocycles. The third-order valence-corrected chi connectivity index (χ3v) is 10.3. The molecule has 1 spiro atoms. The quantitative estimate of drug-likeness (QED) is 0.763. The number of benzene rings is 1. The molecule has 5 aliphatic carbocycles. The van der Waals surface area contributed by atoms with Gasteiger partial charge in [-0.05, 0) is 103 Å². The minimum atomic E-state index is 0.199. The number of fused-ring (bicyclic) bond motifs is 2. The van der Waals surface area contributed by atoms with E-state index in [1.54, 1.807) is 0 Å². The van der Waals surface area contributed by atoms with Gasteiger partial charge in [0.15, 0.2) is 5.82 Å². The number of carbonyl (C=O) groups excluding carboxylic acids is 1. The van der Waals surface area contributed by atoms with Gasteiger partial charge in [0.1, 0.15) is 0 Å². The minimum absolute atomic E-state index is 0.199. The third-order valence-electron chi connectivity index (χ3n) is 10.3. The van der Waals surface area contributed by atoms with Crippen molar-refractivity contribution in [1.29, 1.82) is 0 Å². The average Bonchev–Trinajstić information content (AvgIpc) is 3.44. The van der Waals surface area contributed by atoms with Crippen LogP contribution < -0.4 is 0 Å². The Morgan fingerprint density at radius 3 is 2.45 bits per heavy atom. The van der Waals surface area contributed by atoms with E-state index in [-0.39, 0.29) is 5.41 Å². The standard InChI is InChI=1S/C27H35N5O/c33-26(15-23-19-10-17-9-18(12-19)13-20(23)11-17)32-7-5-27(6-8-32)16-21(14-25-28-30-31-29-25)22-3-1-2-4-24(22)27/h1-4,17-21,23H,5-16H2,(H,28,29,30,31). The van der Waals surface area contributed by atoms with Gasteiger partial charge in [-0.1, -0.05) is 29.5 Å². The molecule has 1 saturated heterocycles. The Balaban J connectivity index is 1.03. The number of carbonyl (C=O) groups is 1. The molecule has 6 nitrogen and oxygen atoms in total. The smallest absolute Gasteiger partial charge is 0.222 e. The maximum absolute atomic E-state index is 13.4. The molecule has 5 fully saturated rings. The number of H-pyrrole nitrogens is 1. The van der Waals surface area contributed by atoms with Gasteiger partial charge in [0.2, 0.25) is 5.91 Å². The summed E-state index contributed by atoms with van der Waals surface area (Å²) in [4.78, 5) is 15.6. The van der Waals surface area contributed by atoms with Crippen molar-refractivity contribution in [2.24, 2.45) is 29.6 Å². The number of tetrazole rings is 1. The molecule has 33 heavy (non-hydrogen) atoms. The van der Waals surface area contributed by atoms with E-state index in [0.29, 0.717) is 17.7 Å². The molecule has 4 saturated carbocycles.